The van der Waals surface area contributed by atoms with E-state index < -0.39 is 0 Å². The second-order valence-corrected chi connectivity index (χ2v) is 4.92. The minimum absolute atomic E-state index is 0.213. The Hall–Kier alpha value is -2.43. The molecule has 0 aromatic carbocycles. The first-order valence-corrected chi connectivity index (χ1v) is 6.90. The molecule has 0 spiro atoms. The summed E-state index contributed by atoms with van der Waals surface area (Å²) in [4.78, 5) is 23.1. The number of amides is 2. The van der Waals surface area contributed by atoms with E-state index in [1.807, 2.05) is 38.3 Å². The standard InChI is InChI=1S/C16H19N3O2/c1-4-6-7-11(5-2)14-10-13(18-19(14)3)12-8-9-15(20)17-16(12)21/h4-7,10,12H,1,8-9H2,2-3H3,(H,17,20,21)/b7-6-,11-5+. The fraction of sp³-hybridized carbons (Fsp3) is 0.312. The molecule has 0 radical (unpaired) electrons. The average Bonchev–Trinajstić information content (AvgIpc) is 2.82. The van der Waals surface area contributed by atoms with Crippen molar-refractivity contribution in [3.8, 4) is 0 Å². The van der Waals surface area contributed by atoms with Gasteiger partial charge in [0.25, 0.3) is 0 Å². The molecule has 0 bridgehead atoms. The highest BCUT2D eigenvalue weighted by Gasteiger charge is 2.30. The van der Waals surface area contributed by atoms with Crippen molar-refractivity contribution >= 4 is 17.4 Å². The third kappa shape index (κ3) is 3.18. The molecule has 5 nitrogen and oxygen atoms in total. The molecule has 2 heterocycles. The van der Waals surface area contributed by atoms with Crippen molar-refractivity contribution in [2.24, 2.45) is 7.05 Å². The Morgan fingerprint density at radius 3 is 2.90 bits per heavy atom. The summed E-state index contributed by atoms with van der Waals surface area (Å²) in [5, 5.41) is 6.80. The maximum absolute atomic E-state index is 11.9. The number of rotatable bonds is 4. The van der Waals surface area contributed by atoms with Crippen LogP contribution in [0.25, 0.3) is 5.57 Å². The fourth-order valence-electron chi connectivity index (χ4n) is 2.41. The summed E-state index contributed by atoms with van der Waals surface area (Å²) in [7, 11) is 1.84. The molecule has 1 fully saturated rings. The number of carbonyl (C=O) groups is 2. The number of nitrogens with one attached hydrogen (secondary N) is 1. The largest absolute Gasteiger partial charge is 0.296 e. The van der Waals surface area contributed by atoms with Crippen LogP contribution in [-0.4, -0.2) is 21.6 Å². The predicted molar refractivity (Wildman–Crippen MR) is 81.3 cm³/mol. The van der Waals surface area contributed by atoms with Gasteiger partial charge in [0.15, 0.2) is 0 Å². The summed E-state index contributed by atoms with van der Waals surface area (Å²) in [6.07, 6.45) is 8.35. The summed E-state index contributed by atoms with van der Waals surface area (Å²) in [6.45, 7) is 5.60. The predicted octanol–water partition coefficient (Wildman–Crippen LogP) is 2.09. The first-order valence-electron chi connectivity index (χ1n) is 6.90. The Morgan fingerprint density at radius 1 is 1.52 bits per heavy atom. The molecule has 0 aliphatic carbocycles. The Balaban J connectivity index is 2.30. The van der Waals surface area contributed by atoms with E-state index in [2.05, 4.69) is 17.0 Å². The van der Waals surface area contributed by atoms with E-state index in [9.17, 15) is 9.59 Å². The highest BCUT2D eigenvalue weighted by molar-refractivity contribution is 6.00. The van der Waals surface area contributed by atoms with Crippen LogP contribution in [-0.2, 0) is 16.6 Å². The normalized spacial score (nSPS) is 19.9. The van der Waals surface area contributed by atoms with Crippen molar-refractivity contribution in [1.82, 2.24) is 15.1 Å². The number of imide groups is 1. The SMILES string of the molecule is C=C/C=C\C(=C/C)c1cc(C2CCC(=O)NC2=O)nn1C. The molecule has 1 aromatic rings. The molecule has 21 heavy (non-hydrogen) atoms. The monoisotopic (exact) mass is 285 g/mol. The Labute approximate surface area is 124 Å². The van der Waals surface area contributed by atoms with Crippen molar-refractivity contribution in [3.05, 3.63) is 48.3 Å². The van der Waals surface area contributed by atoms with E-state index in [4.69, 9.17) is 0 Å². The van der Waals surface area contributed by atoms with E-state index in [1.165, 1.54) is 0 Å². The number of nitrogens with zero attached hydrogens (tertiary/aromatic N) is 2. The number of carbonyl (C=O) groups excluding carboxylic acids is 2. The lowest BCUT2D eigenvalue weighted by atomic mass is 9.94. The van der Waals surface area contributed by atoms with Gasteiger partial charge in [-0.15, -0.1) is 0 Å². The van der Waals surface area contributed by atoms with Gasteiger partial charge in [0.1, 0.15) is 0 Å². The molecule has 2 amide bonds. The molecule has 1 aliphatic rings. The summed E-state index contributed by atoms with van der Waals surface area (Å²) >= 11 is 0. The zero-order valence-corrected chi connectivity index (χ0v) is 12.3. The number of aryl methyl sites for hydroxylation is 1. The highest BCUT2D eigenvalue weighted by Crippen LogP contribution is 2.26. The zero-order chi connectivity index (χ0) is 15.4. The Kier molecular flexibility index (Phi) is 4.52. The van der Waals surface area contributed by atoms with Gasteiger partial charge in [0, 0.05) is 13.5 Å². The minimum atomic E-state index is -0.357. The summed E-state index contributed by atoms with van der Waals surface area (Å²) in [5.74, 6) is -0.834. The van der Waals surface area contributed by atoms with E-state index in [0.717, 1.165) is 11.3 Å². The van der Waals surface area contributed by atoms with Gasteiger partial charge >= 0.3 is 0 Å². The smallest absolute Gasteiger partial charge is 0.235 e. The van der Waals surface area contributed by atoms with Crippen LogP contribution in [0.2, 0.25) is 0 Å². The molecular formula is C16H19N3O2. The van der Waals surface area contributed by atoms with Crippen molar-refractivity contribution in [2.75, 3.05) is 0 Å². The third-order valence-electron chi connectivity index (χ3n) is 3.51. The lowest BCUT2D eigenvalue weighted by molar-refractivity contribution is -0.134. The van der Waals surface area contributed by atoms with Crippen LogP contribution in [0.3, 0.4) is 0 Å². The van der Waals surface area contributed by atoms with Gasteiger partial charge in [-0.2, -0.15) is 5.10 Å². The number of aromatic nitrogens is 2. The second kappa shape index (κ2) is 6.35. The Morgan fingerprint density at radius 2 is 2.29 bits per heavy atom. The van der Waals surface area contributed by atoms with Crippen LogP contribution >= 0.6 is 0 Å². The van der Waals surface area contributed by atoms with E-state index in [1.54, 1.807) is 10.8 Å². The van der Waals surface area contributed by atoms with Crippen LogP contribution in [0.1, 0.15) is 37.1 Å². The highest BCUT2D eigenvalue weighted by atomic mass is 16.2. The Bertz CT molecular complexity index is 638. The quantitative estimate of drug-likeness (QED) is 0.680. The maximum atomic E-state index is 11.9. The molecule has 2 rings (SSSR count). The van der Waals surface area contributed by atoms with E-state index >= 15 is 0 Å². The van der Waals surface area contributed by atoms with Crippen LogP contribution < -0.4 is 5.32 Å². The maximum Gasteiger partial charge on any atom is 0.235 e. The van der Waals surface area contributed by atoms with Gasteiger partial charge in [-0.05, 0) is 25.0 Å². The van der Waals surface area contributed by atoms with Crippen LogP contribution in [0.5, 0.6) is 0 Å². The first kappa shape index (κ1) is 15.0. The van der Waals surface area contributed by atoms with Crippen LogP contribution in [0, 0.1) is 0 Å². The fourth-order valence-corrected chi connectivity index (χ4v) is 2.41. The lowest BCUT2D eigenvalue weighted by Crippen LogP contribution is -2.39. The first-order chi connectivity index (χ1) is 10.1. The zero-order valence-electron chi connectivity index (χ0n) is 12.3. The van der Waals surface area contributed by atoms with E-state index in [0.29, 0.717) is 18.5 Å². The molecule has 110 valence electrons. The number of allylic oxidation sites excluding steroid dienone is 5. The summed E-state index contributed by atoms with van der Waals surface area (Å²) in [5.41, 5.74) is 2.63. The van der Waals surface area contributed by atoms with Gasteiger partial charge in [-0.1, -0.05) is 30.9 Å². The molecule has 1 atom stereocenters. The van der Waals surface area contributed by atoms with Crippen molar-refractivity contribution in [3.63, 3.8) is 0 Å². The van der Waals surface area contributed by atoms with Gasteiger partial charge in [0.2, 0.25) is 11.8 Å². The molecular weight excluding hydrogens is 266 g/mol. The molecule has 0 saturated carbocycles. The lowest BCUT2D eigenvalue weighted by Gasteiger charge is -2.18. The van der Waals surface area contributed by atoms with Crippen LogP contribution in [0.4, 0.5) is 0 Å². The van der Waals surface area contributed by atoms with Crippen molar-refractivity contribution in [2.45, 2.75) is 25.7 Å². The molecule has 1 aromatic heterocycles. The third-order valence-corrected chi connectivity index (χ3v) is 3.51. The summed E-state index contributed by atoms with van der Waals surface area (Å²) < 4.78 is 1.75. The second-order valence-electron chi connectivity index (χ2n) is 4.92. The topological polar surface area (TPSA) is 64.0 Å². The molecule has 1 unspecified atom stereocenters. The number of piperidine rings is 1. The van der Waals surface area contributed by atoms with Crippen molar-refractivity contribution < 1.29 is 9.59 Å². The summed E-state index contributed by atoms with van der Waals surface area (Å²) in [6, 6.07) is 1.91. The molecule has 1 N–H and O–H groups in total. The molecule has 1 saturated heterocycles. The van der Waals surface area contributed by atoms with Crippen molar-refractivity contribution in [1.29, 1.82) is 0 Å². The molecule has 1 aliphatic heterocycles. The van der Waals surface area contributed by atoms with Gasteiger partial charge in [-0.25, -0.2) is 0 Å². The van der Waals surface area contributed by atoms with Gasteiger partial charge in [-0.3, -0.25) is 19.6 Å². The average molecular weight is 285 g/mol. The van der Waals surface area contributed by atoms with Gasteiger partial charge in [0.05, 0.1) is 17.3 Å². The van der Waals surface area contributed by atoms with Crippen LogP contribution in [0.15, 0.2) is 36.9 Å². The van der Waals surface area contributed by atoms with Gasteiger partial charge < -0.3 is 0 Å². The number of hydrogen-bond donors (Lipinski definition) is 1. The number of hydrogen-bond acceptors (Lipinski definition) is 3. The molecule has 5 heteroatoms. The van der Waals surface area contributed by atoms with E-state index in [-0.39, 0.29) is 17.7 Å². The minimum Gasteiger partial charge on any atom is -0.296 e.